The van der Waals surface area contributed by atoms with Crippen molar-refractivity contribution in [3.63, 3.8) is 0 Å². The van der Waals surface area contributed by atoms with E-state index in [0.717, 1.165) is 4.47 Å². The molecule has 0 aliphatic rings. The molecule has 0 aliphatic heterocycles. The first kappa shape index (κ1) is 15.5. The second-order valence-corrected chi connectivity index (χ2v) is 5.63. The molecule has 0 saturated carbocycles. The summed E-state index contributed by atoms with van der Waals surface area (Å²) in [4.78, 5) is 11.9. The minimum Gasteiger partial charge on any atom is -0.373 e. The quantitative estimate of drug-likeness (QED) is 0.875. The summed E-state index contributed by atoms with van der Waals surface area (Å²) < 4.78 is 0.717. The molecule has 1 unspecified atom stereocenters. The molecule has 1 amide bonds. The van der Waals surface area contributed by atoms with E-state index in [9.17, 15) is 4.79 Å². The lowest BCUT2D eigenvalue weighted by Crippen LogP contribution is -2.39. The maximum atomic E-state index is 11.9. The molecule has 0 saturated heterocycles. The Kier molecular flexibility index (Phi) is 5.84. The van der Waals surface area contributed by atoms with Crippen LogP contribution >= 0.6 is 15.9 Å². The number of nitriles is 1. The fraction of sp³-hybridized carbons (Fsp3) is 0.429. The number of carbonyl (C=O) groups excluding carboxylic acids is 1. The molecule has 0 aliphatic carbocycles. The fourth-order valence-corrected chi connectivity index (χ4v) is 1.97. The lowest BCUT2D eigenvalue weighted by molar-refractivity contribution is -0.121. The standard InChI is InChI=1S/C14H18BrN3O/c1-9(2)8-17-14(19)10(3)18-13-6-4-5-12(15)11(13)7-16/h4-6,9-10,18H,8H2,1-3H3,(H,17,19). The molecule has 102 valence electrons. The van der Waals surface area contributed by atoms with Gasteiger partial charge < -0.3 is 10.6 Å². The van der Waals surface area contributed by atoms with E-state index in [1.807, 2.05) is 19.9 Å². The van der Waals surface area contributed by atoms with Crippen molar-refractivity contribution >= 4 is 27.5 Å². The van der Waals surface area contributed by atoms with Gasteiger partial charge in [-0.3, -0.25) is 4.79 Å². The first-order valence-electron chi connectivity index (χ1n) is 6.18. The summed E-state index contributed by atoms with van der Waals surface area (Å²) in [6.07, 6.45) is 0. The van der Waals surface area contributed by atoms with Gasteiger partial charge in [-0.1, -0.05) is 19.9 Å². The van der Waals surface area contributed by atoms with Crippen LogP contribution in [-0.4, -0.2) is 18.5 Å². The summed E-state index contributed by atoms with van der Waals surface area (Å²) in [5.41, 5.74) is 1.16. The normalized spacial score (nSPS) is 11.8. The lowest BCUT2D eigenvalue weighted by Gasteiger charge is -2.17. The van der Waals surface area contributed by atoms with Crippen molar-refractivity contribution in [3.8, 4) is 6.07 Å². The van der Waals surface area contributed by atoms with Crippen LogP contribution in [0.1, 0.15) is 26.3 Å². The van der Waals surface area contributed by atoms with Gasteiger partial charge in [-0.05, 0) is 40.9 Å². The number of carbonyl (C=O) groups is 1. The Morgan fingerprint density at radius 3 is 2.68 bits per heavy atom. The van der Waals surface area contributed by atoms with Crippen LogP contribution in [0, 0.1) is 17.2 Å². The second kappa shape index (κ2) is 7.15. The van der Waals surface area contributed by atoms with Crippen molar-refractivity contribution < 1.29 is 4.79 Å². The van der Waals surface area contributed by atoms with E-state index in [1.54, 1.807) is 19.1 Å². The third kappa shape index (κ3) is 4.56. The van der Waals surface area contributed by atoms with Crippen molar-refractivity contribution in [2.45, 2.75) is 26.8 Å². The number of anilines is 1. The van der Waals surface area contributed by atoms with Gasteiger partial charge in [0.05, 0.1) is 11.3 Å². The van der Waals surface area contributed by atoms with Gasteiger partial charge in [0.25, 0.3) is 0 Å². The van der Waals surface area contributed by atoms with Crippen LogP contribution in [0.5, 0.6) is 0 Å². The second-order valence-electron chi connectivity index (χ2n) is 4.78. The molecule has 0 aromatic heterocycles. The molecule has 0 heterocycles. The minimum atomic E-state index is -0.389. The predicted octanol–water partition coefficient (Wildman–Crippen LogP) is 2.89. The van der Waals surface area contributed by atoms with E-state index in [-0.39, 0.29) is 11.9 Å². The molecule has 19 heavy (non-hydrogen) atoms. The summed E-state index contributed by atoms with van der Waals surface area (Å²) in [6.45, 7) is 6.51. The van der Waals surface area contributed by atoms with Crippen LogP contribution in [0.4, 0.5) is 5.69 Å². The highest BCUT2D eigenvalue weighted by Crippen LogP contribution is 2.24. The van der Waals surface area contributed by atoms with E-state index in [4.69, 9.17) is 5.26 Å². The predicted molar refractivity (Wildman–Crippen MR) is 79.8 cm³/mol. The third-order valence-corrected chi connectivity index (χ3v) is 3.24. The van der Waals surface area contributed by atoms with Crippen LogP contribution in [-0.2, 0) is 4.79 Å². The average molecular weight is 324 g/mol. The molecular weight excluding hydrogens is 306 g/mol. The number of nitrogens with one attached hydrogen (secondary N) is 2. The largest absolute Gasteiger partial charge is 0.373 e. The number of halogens is 1. The van der Waals surface area contributed by atoms with Gasteiger partial charge in [0.2, 0.25) is 5.91 Å². The van der Waals surface area contributed by atoms with Crippen LogP contribution in [0.3, 0.4) is 0 Å². The summed E-state index contributed by atoms with van der Waals surface area (Å²) in [7, 11) is 0. The number of hydrogen-bond acceptors (Lipinski definition) is 3. The number of hydrogen-bond donors (Lipinski definition) is 2. The van der Waals surface area contributed by atoms with Crippen LogP contribution in [0.25, 0.3) is 0 Å². The highest BCUT2D eigenvalue weighted by Gasteiger charge is 2.15. The monoisotopic (exact) mass is 323 g/mol. The molecule has 0 spiro atoms. The zero-order valence-electron chi connectivity index (χ0n) is 11.3. The molecular formula is C14H18BrN3O. The van der Waals surface area contributed by atoms with Gasteiger partial charge in [0, 0.05) is 11.0 Å². The summed E-state index contributed by atoms with van der Waals surface area (Å²) in [5.74, 6) is 0.342. The Bertz CT molecular complexity index is 494. The molecule has 0 radical (unpaired) electrons. The van der Waals surface area contributed by atoms with Crippen LogP contribution in [0.15, 0.2) is 22.7 Å². The molecule has 1 aromatic rings. The molecule has 5 heteroatoms. The Morgan fingerprint density at radius 1 is 1.42 bits per heavy atom. The summed E-state index contributed by atoms with van der Waals surface area (Å²) >= 11 is 3.32. The zero-order chi connectivity index (χ0) is 14.4. The van der Waals surface area contributed by atoms with Gasteiger partial charge in [0.15, 0.2) is 0 Å². The Balaban J connectivity index is 2.72. The van der Waals surface area contributed by atoms with Gasteiger partial charge in [-0.25, -0.2) is 0 Å². The number of benzene rings is 1. The highest BCUT2D eigenvalue weighted by molar-refractivity contribution is 9.10. The maximum Gasteiger partial charge on any atom is 0.242 e. The number of rotatable bonds is 5. The van der Waals surface area contributed by atoms with Crippen molar-refractivity contribution in [2.24, 2.45) is 5.92 Å². The van der Waals surface area contributed by atoms with Crippen LogP contribution < -0.4 is 10.6 Å². The molecule has 4 nitrogen and oxygen atoms in total. The van der Waals surface area contributed by atoms with Gasteiger partial charge in [-0.2, -0.15) is 5.26 Å². The van der Waals surface area contributed by atoms with Crippen molar-refractivity contribution in [1.82, 2.24) is 5.32 Å². The summed E-state index contributed by atoms with van der Waals surface area (Å²) in [6, 6.07) is 7.14. The van der Waals surface area contributed by atoms with Crippen LogP contribution in [0.2, 0.25) is 0 Å². The minimum absolute atomic E-state index is 0.0717. The highest BCUT2D eigenvalue weighted by atomic mass is 79.9. The molecule has 0 fully saturated rings. The maximum absolute atomic E-state index is 11.9. The third-order valence-electron chi connectivity index (χ3n) is 2.58. The van der Waals surface area contributed by atoms with Crippen molar-refractivity contribution in [3.05, 3.63) is 28.2 Å². The van der Waals surface area contributed by atoms with Gasteiger partial charge in [-0.15, -0.1) is 0 Å². The van der Waals surface area contributed by atoms with E-state index in [1.165, 1.54) is 0 Å². The van der Waals surface area contributed by atoms with Crippen molar-refractivity contribution in [2.75, 3.05) is 11.9 Å². The van der Waals surface area contributed by atoms with E-state index in [0.29, 0.717) is 23.7 Å². The lowest BCUT2D eigenvalue weighted by atomic mass is 10.1. The first-order chi connectivity index (χ1) is 8.95. The van der Waals surface area contributed by atoms with Crippen molar-refractivity contribution in [1.29, 1.82) is 5.26 Å². The van der Waals surface area contributed by atoms with E-state index < -0.39 is 0 Å². The molecule has 2 N–H and O–H groups in total. The fourth-order valence-electron chi connectivity index (χ4n) is 1.51. The molecule has 1 rings (SSSR count). The first-order valence-corrected chi connectivity index (χ1v) is 6.97. The molecule has 0 bridgehead atoms. The average Bonchev–Trinajstić information content (AvgIpc) is 2.36. The topological polar surface area (TPSA) is 64.9 Å². The molecule has 1 atom stereocenters. The van der Waals surface area contributed by atoms with E-state index >= 15 is 0 Å². The number of amides is 1. The number of nitrogens with zero attached hydrogens (tertiary/aromatic N) is 1. The molecule has 1 aromatic carbocycles. The van der Waals surface area contributed by atoms with E-state index in [2.05, 4.69) is 32.6 Å². The Hall–Kier alpha value is -1.54. The van der Waals surface area contributed by atoms with Gasteiger partial charge >= 0.3 is 0 Å². The Morgan fingerprint density at radius 2 is 2.11 bits per heavy atom. The summed E-state index contributed by atoms with van der Waals surface area (Å²) in [5, 5.41) is 15.0. The zero-order valence-corrected chi connectivity index (χ0v) is 12.9. The Labute approximate surface area is 122 Å². The van der Waals surface area contributed by atoms with Gasteiger partial charge in [0.1, 0.15) is 12.1 Å². The smallest absolute Gasteiger partial charge is 0.242 e. The SMILES string of the molecule is CC(C)CNC(=O)C(C)Nc1cccc(Br)c1C#N.